The van der Waals surface area contributed by atoms with E-state index in [4.69, 9.17) is 20.6 Å². The Morgan fingerprint density at radius 3 is 2.33 bits per heavy atom. The van der Waals surface area contributed by atoms with Crippen molar-refractivity contribution in [3.05, 3.63) is 71.9 Å². The van der Waals surface area contributed by atoms with Gasteiger partial charge >= 0.3 is 6.18 Å². The van der Waals surface area contributed by atoms with Gasteiger partial charge < -0.3 is 16.2 Å². The predicted octanol–water partition coefficient (Wildman–Crippen LogP) is 4.51. The third-order valence-corrected chi connectivity index (χ3v) is 5.22. The third-order valence-electron chi connectivity index (χ3n) is 5.22. The van der Waals surface area contributed by atoms with E-state index in [-0.39, 0.29) is 12.3 Å². The number of halogens is 3. The quantitative estimate of drug-likeness (QED) is 0.348. The van der Waals surface area contributed by atoms with Crippen LogP contribution in [0.5, 0.6) is 0 Å². The van der Waals surface area contributed by atoms with Crippen molar-refractivity contribution in [3.63, 3.8) is 0 Å². The Morgan fingerprint density at radius 1 is 1.11 bits per heavy atom. The van der Waals surface area contributed by atoms with E-state index in [9.17, 15) is 18.0 Å². The number of alkyl halides is 3. The first-order valence-corrected chi connectivity index (χ1v) is 10.7. The van der Waals surface area contributed by atoms with Gasteiger partial charge in [0.25, 0.3) is 6.47 Å². The molecule has 4 N–H and O–H groups in total. The summed E-state index contributed by atoms with van der Waals surface area (Å²) in [5.41, 5.74) is 8.64. The number of aromatic nitrogens is 4. The lowest BCUT2D eigenvalue weighted by atomic mass is 10.1. The number of anilines is 2. The number of rotatable bonds is 4. The van der Waals surface area contributed by atoms with Crippen molar-refractivity contribution in [2.75, 3.05) is 18.1 Å². The fourth-order valence-corrected chi connectivity index (χ4v) is 3.38. The lowest BCUT2D eigenvalue weighted by molar-refractivity contribution is -0.137. The average molecular weight is 500 g/mol. The molecule has 0 amide bonds. The van der Waals surface area contributed by atoms with Crippen LogP contribution in [-0.4, -0.2) is 44.3 Å². The second kappa shape index (κ2) is 11.3. The van der Waals surface area contributed by atoms with Crippen molar-refractivity contribution < 1.29 is 27.9 Å². The van der Waals surface area contributed by atoms with Crippen molar-refractivity contribution >= 4 is 29.9 Å². The Balaban J connectivity index is 0.000000205. The number of carboxylic acid groups (broad SMARTS) is 1. The molecule has 0 bridgehead atoms. The molecule has 1 saturated carbocycles. The highest BCUT2D eigenvalue weighted by Crippen LogP contribution is 2.42. The summed E-state index contributed by atoms with van der Waals surface area (Å²) in [6, 6.07) is 9.26. The minimum atomic E-state index is -4.30. The van der Waals surface area contributed by atoms with E-state index in [2.05, 4.69) is 15.3 Å². The molecule has 12 heteroatoms. The second-order valence-electron chi connectivity index (χ2n) is 7.65. The van der Waals surface area contributed by atoms with E-state index in [1.54, 1.807) is 18.3 Å². The largest absolute Gasteiger partial charge is 0.483 e. The molecule has 0 atom stereocenters. The second-order valence-corrected chi connectivity index (χ2v) is 7.65. The number of carbonyl (C=O) groups excluding carboxylic acids is 1. The number of carbonyl (C=O) groups is 2. The smallest absolute Gasteiger partial charge is 0.416 e. The number of nitrogens with two attached hydrogens (primary N) is 1. The Labute approximate surface area is 203 Å². The summed E-state index contributed by atoms with van der Waals surface area (Å²) in [7, 11) is 1.52. The SMILES string of the molecule is CNc1cc(C(F)(F)F)ccn1.Nc1nccn2c(C3CC3)nc(-c3ccc(C=O)cc3)c12.O=CO. The summed E-state index contributed by atoms with van der Waals surface area (Å²) in [5.74, 6) is 2.26. The number of hydrogen-bond donors (Lipinski definition) is 3. The molecule has 0 spiro atoms. The van der Waals surface area contributed by atoms with Crippen molar-refractivity contribution in [2.24, 2.45) is 0 Å². The van der Waals surface area contributed by atoms with Crippen molar-refractivity contribution in [2.45, 2.75) is 24.9 Å². The number of fused-ring (bicyclic) bond motifs is 1. The van der Waals surface area contributed by atoms with Crippen LogP contribution in [0.3, 0.4) is 0 Å². The first kappa shape index (κ1) is 26.1. The number of hydrogen-bond acceptors (Lipinski definition) is 7. The number of nitrogens with one attached hydrogen (secondary N) is 1. The van der Waals surface area contributed by atoms with E-state index < -0.39 is 11.7 Å². The fraction of sp³-hybridized carbons (Fsp3) is 0.208. The molecule has 0 unspecified atom stereocenters. The highest BCUT2D eigenvalue weighted by Gasteiger charge is 2.31. The molecule has 4 aromatic rings. The molecule has 5 rings (SSSR count). The van der Waals surface area contributed by atoms with Gasteiger partial charge in [-0.1, -0.05) is 24.3 Å². The van der Waals surface area contributed by atoms with Crippen LogP contribution < -0.4 is 11.1 Å². The van der Waals surface area contributed by atoms with E-state index in [0.29, 0.717) is 17.3 Å². The van der Waals surface area contributed by atoms with E-state index in [1.165, 1.54) is 19.9 Å². The normalized spacial score (nSPS) is 12.6. The lowest BCUT2D eigenvalue weighted by Crippen LogP contribution is -2.05. The van der Waals surface area contributed by atoms with Crippen LogP contribution in [0.2, 0.25) is 0 Å². The fourth-order valence-electron chi connectivity index (χ4n) is 3.38. The number of benzene rings is 1. The summed E-state index contributed by atoms with van der Waals surface area (Å²) < 4.78 is 38.2. The van der Waals surface area contributed by atoms with Gasteiger partial charge in [-0.05, 0) is 25.0 Å². The standard InChI is InChI=1S/C16H14N4O.C7H7F3N2.CH2O2/c17-15-14-13(11-3-1-10(9-21)2-4-11)19-16(12-5-6-12)20(14)8-7-18-15;1-11-6-4-5(2-3-12-6)7(8,9)10;2-1-3/h1-4,7-9,12H,5-6H2,(H2,17,18);2-4H,1H3,(H,11,12);1H,(H,2,3). The summed E-state index contributed by atoms with van der Waals surface area (Å²) in [5, 5.41) is 9.42. The number of pyridine rings is 1. The van der Waals surface area contributed by atoms with Crippen LogP contribution in [-0.2, 0) is 11.0 Å². The molecule has 3 heterocycles. The molecule has 0 saturated heterocycles. The first-order chi connectivity index (χ1) is 17.2. The molecular weight excluding hydrogens is 477 g/mol. The van der Waals surface area contributed by atoms with Gasteiger partial charge in [0.05, 0.1) is 5.56 Å². The van der Waals surface area contributed by atoms with Gasteiger partial charge in [0.2, 0.25) is 0 Å². The maximum Gasteiger partial charge on any atom is 0.416 e. The molecule has 9 nitrogen and oxygen atoms in total. The summed E-state index contributed by atoms with van der Waals surface area (Å²) >= 11 is 0. The molecule has 0 aliphatic heterocycles. The molecule has 36 heavy (non-hydrogen) atoms. The van der Waals surface area contributed by atoms with Gasteiger partial charge in [-0.2, -0.15) is 13.2 Å². The molecule has 188 valence electrons. The van der Waals surface area contributed by atoms with Gasteiger partial charge in [0, 0.05) is 42.7 Å². The Bertz CT molecular complexity index is 1340. The van der Waals surface area contributed by atoms with Gasteiger partial charge in [-0.15, -0.1) is 0 Å². The van der Waals surface area contributed by atoms with Gasteiger partial charge in [0.1, 0.15) is 35.0 Å². The topological polar surface area (TPSA) is 135 Å². The summed E-state index contributed by atoms with van der Waals surface area (Å²) in [6.07, 6.45) is 3.62. The zero-order valence-electron chi connectivity index (χ0n) is 19.1. The van der Waals surface area contributed by atoms with Gasteiger partial charge in [-0.25, -0.2) is 15.0 Å². The van der Waals surface area contributed by atoms with Gasteiger partial charge in [-0.3, -0.25) is 14.0 Å². The predicted molar refractivity (Wildman–Crippen MR) is 128 cm³/mol. The molecule has 1 aliphatic rings. The molecule has 0 radical (unpaired) electrons. The minimum absolute atomic E-state index is 0.213. The van der Waals surface area contributed by atoms with Crippen LogP contribution in [0, 0.1) is 0 Å². The van der Waals surface area contributed by atoms with Crippen LogP contribution in [0.15, 0.2) is 55.0 Å². The van der Waals surface area contributed by atoms with Crippen LogP contribution in [0.4, 0.5) is 24.8 Å². The Kier molecular flexibility index (Phi) is 8.20. The number of nitrogens with zero attached hydrogens (tertiary/aromatic N) is 4. The van der Waals surface area contributed by atoms with E-state index >= 15 is 0 Å². The van der Waals surface area contributed by atoms with E-state index in [1.807, 2.05) is 22.7 Å². The molecular formula is C24H23F3N6O3. The maximum absolute atomic E-state index is 12.0. The molecule has 1 aliphatic carbocycles. The zero-order chi connectivity index (χ0) is 26.3. The minimum Gasteiger partial charge on any atom is -0.483 e. The van der Waals surface area contributed by atoms with E-state index in [0.717, 1.165) is 47.2 Å². The highest BCUT2D eigenvalue weighted by atomic mass is 19.4. The zero-order valence-corrected chi connectivity index (χ0v) is 19.1. The number of nitrogen functional groups attached to an aromatic ring is 1. The summed E-state index contributed by atoms with van der Waals surface area (Å²) in [6.45, 7) is -0.250. The molecule has 3 aromatic heterocycles. The maximum atomic E-state index is 12.0. The molecule has 1 aromatic carbocycles. The summed E-state index contributed by atoms with van der Waals surface area (Å²) in [4.78, 5) is 31.8. The van der Waals surface area contributed by atoms with Crippen LogP contribution in [0.1, 0.15) is 40.5 Å². The molecule has 1 fully saturated rings. The van der Waals surface area contributed by atoms with Crippen molar-refractivity contribution in [1.29, 1.82) is 0 Å². The van der Waals surface area contributed by atoms with Crippen molar-refractivity contribution in [3.8, 4) is 11.3 Å². The van der Waals surface area contributed by atoms with Crippen LogP contribution >= 0.6 is 0 Å². The highest BCUT2D eigenvalue weighted by molar-refractivity contribution is 5.86. The number of aldehydes is 1. The number of imidazole rings is 1. The Morgan fingerprint density at radius 2 is 1.78 bits per heavy atom. The third kappa shape index (κ3) is 6.14. The van der Waals surface area contributed by atoms with Crippen molar-refractivity contribution in [1.82, 2.24) is 19.4 Å². The van der Waals surface area contributed by atoms with Crippen LogP contribution in [0.25, 0.3) is 16.8 Å². The Hall–Kier alpha value is -4.48. The first-order valence-electron chi connectivity index (χ1n) is 10.7. The monoisotopic (exact) mass is 500 g/mol. The average Bonchev–Trinajstić information content (AvgIpc) is 3.64. The van der Waals surface area contributed by atoms with Gasteiger partial charge in [0.15, 0.2) is 0 Å². The lowest BCUT2D eigenvalue weighted by Gasteiger charge is -2.06.